The highest BCUT2D eigenvalue weighted by Crippen LogP contribution is 2.25. The molecule has 0 saturated carbocycles. The number of anilines is 1. The molecule has 2 aromatic rings. The van der Waals surface area contributed by atoms with Crippen molar-refractivity contribution in [3.63, 3.8) is 0 Å². The zero-order valence-electron chi connectivity index (χ0n) is 12.8. The van der Waals surface area contributed by atoms with Crippen molar-refractivity contribution in [3.05, 3.63) is 30.3 Å². The Balaban J connectivity index is 2.28. The summed E-state index contributed by atoms with van der Waals surface area (Å²) in [5, 5.41) is 17.1. The van der Waals surface area contributed by atoms with Gasteiger partial charge in [-0.3, -0.25) is 0 Å². The summed E-state index contributed by atoms with van der Waals surface area (Å²) in [5.41, 5.74) is 1.87. The van der Waals surface area contributed by atoms with E-state index in [0.29, 0.717) is 12.5 Å². The van der Waals surface area contributed by atoms with Crippen LogP contribution in [0, 0.1) is 5.92 Å². The quantitative estimate of drug-likeness (QED) is 0.822. The molecule has 2 N–H and O–H groups in total. The molecule has 1 aromatic heterocycles. The van der Waals surface area contributed by atoms with E-state index in [9.17, 15) is 5.11 Å². The van der Waals surface area contributed by atoms with Gasteiger partial charge in [0.25, 0.3) is 0 Å². The van der Waals surface area contributed by atoms with Gasteiger partial charge in [0.15, 0.2) is 0 Å². The molecular weight excluding hydrogens is 266 g/mol. The molecule has 114 valence electrons. The Morgan fingerprint density at radius 3 is 2.81 bits per heavy atom. The average Bonchev–Trinajstić information content (AvgIpc) is 2.89. The summed E-state index contributed by atoms with van der Waals surface area (Å²) in [6.45, 7) is 5.72. The van der Waals surface area contributed by atoms with Crippen molar-refractivity contribution in [1.29, 1.82) is 0 Å². The summed E-state index contributed by atoms with van der Waals surface area (Å²) in [6.07, 6.45) is 0. The number of benzene rings is 1. The summed E-state index contributed by atoms with van der Waals surface area (Å²) >= 11 is 0. The lowest BCUT2D eigenvalue weighted by Crippen LogP contribution is -2.14. The number of nitrogens with zero attached hydrogens (tertiary/aromatic N) is 2. The smallest absolute Gasteiger partial charge is 0.124 e. The van der Waals surface area contributed by atoms with Crippen LogP contribution in [-0.2, 0) is 6.54 Å². The fourth-order valence-corrected chi connectivity index (χ4v) is 2.06. The highest BCUT2D eigenvalue weighted by molar-refractivity contribution is 5.64. The van der Waals surface area contributed by atoms with Gasteiger partial charge in [0.1, 0.15) is 11.6 Å². The lowest BCUT2D eigenvalue weighted by atomic mass is 10.1. The highest BCUT2D eigenvalue weighted by atomic mass is 16.5. The third kappa shape index (κ3) is 3.98. The van der Waals surface area contributed by atoms with Crippen molar-refractivity contribution >= 4 is 5.82 Å². The maximum atomic E-state index is 9.17. The van der Waals surface area contributed by atoms with E-state index in [1.165, 1.54) is 0 Å². The molecule has 5 nitrogen and oxygen atoms in total. The first-order chi connectivity index (χ1) is 10.1. The van der Waals surface area contributed by atoms with E-state index in [1.54, 1.807) is 11.8 Å². The molecular formula is C16H23N3O2. The standard InChI is InChI=1S/C16H23N3O2/c1-12(2)11-17-16-10-15(18-19(16)7-8-20)13-5-4-6-14(9-13)21-3/h4-6,9-10,12,17,20H,7-8,11H2,1-3H3. The molecule has 0 spiro atoms. The number of hydrogen-bond acceptors (Lipinski definition) is 4. The van der Waals surface area contributed by atoms with Crippen LogP contribution in [0.1, 0.15) is 13.8 Å². The maximum Gasteiger partial charge on any atom is 0.124 e. The number of methoxy groups -OCH3 is 1. The van der Waals surface area contributed by atoms with Crippen LogP contribution in [0.2, 0.25) is 0 Å². The Morgan fingerprint density at radius 1 is 1.33 bits per heavy atom. The Hall–Kier alpha value is -2.01. The summed E-state index contributed by atoms with van der Waals surface area (Å²) < 4.78 is 7.05. The molecule has 1 heterocycles. The molecule has 0 unspecified atom stereocenters. The van der Waals surface area contributed by atoms with Gasteiger partial charge in [-0.2, -0.15) is 5.10 Å². The van der Waals surface area contributed by atoms with E-state index in [1.807, 2.05) is 30.3 Å². The first-order valence-corrected chi connectivity index (χ1v) is 7.21. The molecule has 2 rings (SSSR count). The average molecular weight is 289 g/mol. The van der Waals surface area contributed by atoms with Crippen molar-refractivity contribution in [1.82, 2.24) is 9.78 Å². The number of aromatic nitrogens is 2. The van der Waals surface area contributed by atoms with Gasteiger partial charge in [-0.1, -0.05) is 26.0 Å². The van der Waals surface area contributed by atoms with Crippen LogP contribution in [0.4, 0.5) is 5.82 Å². The Bertz CT molecular complexity index is 579. The lowest BCUT2D eigenvalue weighted by molar-refractivity contribution is 0.270. The molecule has 0 atom stereocenters. The molecule has 5 heteroatoms. The molecule has 0 bridgehead atoms. The SMILES string of the molecule is COc1cccc(-c2cc(NCC(C)C)n(CCO)n2)c1. The van der Waals surface area contributed by atoms with Gasteiger partial charge in [0.2, 0.25) is 0 Å². The molecule has 0 aliphatic rings. The number of ether oxygens (including phenoxy) is 1. The minimum Gasteiger partial charge on any atom is -0.497 e. The fraction of sp³-hybridized carbons (Fsp3) is 0.438. The second-order valence-corrected chi connectivity index (χ2v) is 5.37. The lowest BCUT2D eigenvalue weighted by Gasteiger charge is -2.10. The Morgan fingerprint density at radius 2 is 2.14 bits per heavy atom. The monoisotopic (exact) mass is 289 g/mol. The third-order valence-corrected chi connectivity index (χ3v) is 3.15. The van der Waals surface area contributed by atoms with Gasteiger partial charge in [0.05, 0.1) is 26.0 Å². The molecule has 0 aliphatic heterocycles. The first kappa shape index (κ1) is 15.4. The number of hydrogen-bond donors (Lipinski definition) is 2. The molecule has 0 radical (unpaired) electrons. The zero-order chi connectivity index (χ0) is 15.2. The Labute approximate surface area is 125 Å². The van der Waals surface area contributed by atoms with Crippen molar-refractivity contribution in [2.75, 3.05) is 25.6 Å². The van der Waals surface area contributed by atoms with Crippen LogP contribution in [0.3, 0.4) is 0 Å². The predicted octanol–water partition coefficient (Wildman–Crippen LogP) is 2.62. The number of nitrogens with one attached hydrogen (secondary N) is 1. The van der Waals surface area contributed by atoms with Crippen molar-refractivity contribution in [2.24, 2.45) is 5.92 Å². The van der Waals surface area contributed by atoms with Gasteiger partial charge in [0, 0.05) is 18.2 Å². The van der Waals surface area contributed by atoms with Crippen LogP contribution in [0.25, 0.3) is 11.3 Å². The minimum atomic E-state index is 0.0651. The van der Waals surface area contributed by atoms with Crippen LogP contribution in [0.15, 0.2) is 30.3 Å². The molecule has 21 heavy (non-hydrogen) atoms. The van der Waals surface area contributed by atoms with Crippen LogP contribution >= 0.6 is 0 Å². The molecule has 1 aromatic carbocycles. The summed E-state index contributed by atoms with van der Waals surface area (Å²) in [4.78, 5) is 0. The maximum absolute atomic E-state index is 9.17. The van der Waals surface area contributed by atoms with Gasteiger partial charge in [-0.05, 0) is 18.1 Å². The first-order valence-electron chi connectivity index (χ1n) is 7.21. The van der Waals surface area contributed by atoms with E-state index >= 15 is 0 Å². The second kappa shape index (κ2) is 7.13. The van der Waals surface area contributed by atoms with Crippen LogP contribution < -0.4 is 10.1 Å². The van der Waals surface area contributed by atoms with E-state index in [0.717, 1.165) is 29.4 Å². The van der Waals surface area contributed by atoms with E-state index in [4.69, 9.17) is 4.74 Å². The van der Waals surface area contributed by atoms with E-state index in [2.05, 4.69) is 24.3 Å². The number of rotatable bonds is 7. The molecule has 0 amide bonds. The van der Waals surface area contributed by atoms with E-state index < -0.39 is 0 Å². The summed E-state index contributed by atoms with van der Waals surface area (Å²) in [5.74, 6) is 2.28. The third-order valence-electron chi connectivity index (χ3n) is 3.15. The minimum absolute atomic E-state index is 0.0651. The predicted molar refractivity (Wildman–Crippen MR) is 84.6 cm³/mol. The van der Waals surface area contributed by atoms with Crippen molar-refractivity contribution in [2.45, 2.75) is 20.4 Å². The van der Waals surface area contributed by atoms with Gasteiger partial charge >= 0.3 is 0 Å². The topological polar surface area (TPSA) is 59.3 Å². The highest BCUT2D eigenvalue weighted by Gasteiger charge is 2.10. The second-order valence-electron chi connectivity index (χ2n) is 5.37. The Kier molecular flexibility index (Phi) is 5.22. The van der Waals surface area contributed by atoms with Gasteiger partial charge < -0.3 is 15.2 Å². The zero-order valence-corrected chi connectivity index (χ0v) is 12.8. The van der Waals surface area contributed by atoms with Crippen molar-refractivity contribution in [3.8, 4) is 17.0 Å². The number of aliphatic hydroxyl groups is 1. The largest absolute Gasteiger partial charge is 0.497 e. The fourth-order valence-electron chi connectivity index (χ4n) is 2.06. The van der Waals surface area contributed by atoms with Crippen LogP contribution in [0.5, 0.6) is 5.75 Å². The molecule has 0 saturated heterocycles. The van der Waals surface area contributed by atoms with Crippen molar-refractivity contribution < 1.29 is 9.84 Å². The summed E-state index contributed by atoms with van der Waals surface area (Å²) in [7, 11) is 1.65. The van der Waals surface area contributed by atoms with Gasteiger partial charge in [-0.15, -0.1) is 0 Å². The van der Waals surface area contributed by atoms with Gasteiger partial charge in [-0.25, -0.2) is 4.68 Å². The van der Waals surface area contributed by atoms with Crippen LogP contribution in [-0.4, -0.2) is 35.1 Å². The summed E-state index contributed by atoms with van der Waals surface area (Å²) in [6, 6.07) is 9.82. The normalized spacial score (nSPS) is 10.9. The molecule has 0 fully saturated rings. The number of aliphatic hydroxyl groups excluding tert-OH is 1. The molecule has 0 aliphatic carbocycles. The van der Waals surface area contributed by atoms with E-state index in [-0.39, 0.29) is 6.61 Å².